The third-order valence-electron chi connectivity index (χ3n) is 1.99. The van der Waals surface area contributed by atoms with Gasteiger partial charge in [-0.3, -0.25) is 0 Å². The van der Waals surface area contributed by atoms with Gasteiger partial charge in [0.25, 0.3) is 0 Å². The van der Waals surface area contributed by atoms with Gasteiger partial charge in [0.2, 0.25) is 0 Å². The lowest BCUT2D eigenvalue weighted by Gasteiger charge is -2.29. The first kappa shape index (κ1) is 14.2. The summed E-state index contributed by atoms with van der Waals surface area (Å²) in [6.45, 7) is 8.28. The fourth-order valence-electron chi connectivity index (χ4n) is 1.17. The van der Waals surface area contributed by atoms with Crippen molar-refractivity contribution >= 4 is 7.72 Å². The molecule has 0 bridgehead atoms. The molecule has 86 valence electrons. The molecule has 0 aromatic rings. The number of hydrogen-bond acceptors (Lipinski definition) is 2. The molecule has 0 saturated heterocycles. The molecule has 14 heavy (non-hydrogen) atoms. The van der Waals surface area contributed by atoms with E-state index < -0.39 is 19.3 Å². The van der Waals surface area contributed by atoms with Crippen molar-refractivity contribution in [2.75, 3.05) is 19.9 Å². The van der Waals surface area contributed by atoms with Crippen LogP contribution in [0.2, 0.25) is 0 Å². The van der Waals surface area contributed by atoms with Gasteiger partial charge in [0.05, 0.1) is 19.1 Å². The number of alkyl halides is 2. The average Bonchev–Trinajstić information content (AvgIpc) is 2.04. The highest BCUT2D eigenvalue weighted by atomic mass is 31.2. The van der Waals surface area contributed by atoms with Crippen molar-refractivity contribution in [1.29, 1.82) is 0 Å². The van der Waals surface area contributed by atoms with E-state index in [2.05, 4.69) is 0 Å². The zero-order valence-electron chi connectivity index (χ0n) is 9.51. The highest BCUT2D eigenvalue weighted by Gasteiger charge is 2.64. The molecule has 0 spiro atoms. The smallest absolute Gasteiger partial charge is 0.201 e. The first-order valence-electron chi connectivity index (χ1n) is 4.85. The zero-order chi connectivity index (χ0) is 11.4. The Kier molecular flexibility index (Phi) is 5.42. The van der Waals surface area contributed by atoms with Crippen molar-refractivity contribution in [1.82, 2.24) is 0 Å². The number of halogens is 2. The molecular formula is C9H20F2O2P+. The van der Waals surface area contributed by atoms with Crippen LogP contribution in [0.5, 0.6) is 0 Å². The predicted octanol–water partition coefficient (Wildman–Crippen LogP) is 3.79. The van der Waals surface area contributed by atoms with E-state index in [-0.39, 0.29) is 13.2 Å². The van der Waals surface area contributed by atoms with Gasteiger partial charge in [-0.25, -0.2) is 9.05 Å². The van der Waals surface area contributed by atoms with Gasteiger partial charge in [0.15, 0.2) is 0 Å². The monoisotopic (exact) mass is 229 g/mol. The highest BCUT2D eigenvalue weighted by molar-refractivity contribution is 7.66. The molecule has 0 radical (unpaired) electrons. The topological polar surface area (TPSA) is 18.5 Å². The lowest BCUT2D eigenvalue weighted by atomic mass is 10.2. The Morgan fingerprint density at radius 3 is 1.71 bits per heavy atom. The summed E-state index contributed by atoms with van der Waals surface area (Å²) in [6, 6.07) is 0. The molecule has 0 saturated carbocycles. The quantitative estimate of drug-likeness (QED) is 0.645. The molecule has 0 aliphatic carbocycles. The second-order valence-corrected chi connectivity index (χ2v) is 6.23. The van der Waals surface area contributed by atoms with Crippen molar-refractivity contribution in [2.45, 2.75) is 33.4 Å². The van der Waals surface area contributed by atoms with Gasteiger partial charge in [-0.15, -0.1) is 0 Å². The molecule has 0 aromatic carbocycles. The molecular weight excluding hydrogens is 209 g/mol. The molecule has 0 amide bonds. The molecule has 0 heterocycles. The zero-order valence-corrected chi connectivity index (χ0v) is 10.4. The van der Waals surface area contributed by atoms with E-state index in [0.717, 1.165) is 0 Å². The minimum absolute atomic E-state index is 0.257. The summed E-state index contributed by atoms with van der Waals surface area (Å²) in [5, 5.41) is 0. The van der Waals surface area contributed by atoms with Crippen LogP contribution >= 0.6 is 7.72 Å². The van der Waals surface area contributed by atoms with Crippen molar-refractivity contribution in [3.05, 3.63) is 0 Å². The van der Waals surface area contributed by atoms with E-state index in [1.807, 2.05) is 0 Å². The lowest BCUT2D eigenvalue weighted by molar-refractivity contribution is 0.00917. The summed E-state index contributed by atoms with van der Waals surface area (Å²) < 4.78 is 37.8. The second-order valence-electron chi connectivity index (χ2n) is 3.42. The van der Waals surface area contributed by atoms with Crippen molar-refractivity contribution < 1.29 is 17.8 Å². The molecule has 0 atom stereocenters. The van der Waals surface area contributed by atoms with Crippen molar-refractivity contribution in [2.24, 2.45) is 5.92 Å². The summed E-state index contributed by atoms with van der Waals surface area (Å²) in [5.41, 5.74) is -2.88. The normalized spacial score (nSPS) is 13.7. The van der Waals surface area contributed by atoms with Crippen LogP contribution in [0.4, 0.5) is 8.78 Å². The second kappa shape index (κ2) is 5.34. The molecule has 5 heteroatoms. The van der Waals surface area contributed by atoms with Crippen LogP contribution in [0.1, 0.15) is 27.7 Å². The van der Waals surface area contributed by atoms with Crippen LogP contribution in [0.15, 0.2) is 0 Å². The lowest BCUT2D eigenvalue weighted by Crippen LogP contribution is -2.30. The Morgan fingerprint density at radius 1 is 1.14 bits per heavy atom. The maximum atomic E-state index is 13.8. The van der Waals surface area contributed by atoms with E-state index in [9.17, 15) is 8.78 Å². The summed E-state index contributed by atoms with van der Waals surface area (Å²) in [5.74, 6) is -0.765. The largest absolute Gasteiger partial charge is 0.408 e. The minimum Gasteiger partial charge on any atom is -0.201 e. The van der Waals surface area contributed by atoms with Gasteiger partial charge >= 0.3 is 13.4 Å². The summed E-state index contributed by atoms with van der Waals surface area (Å²) in [7, 11) is -3.06. The van der Waals surface area contributed by atoms with Gasteiger partial charge in [0.1, 0.15) is 6.66 Å². The Balaban J connectivity index is 4.78. The molecule has 0 aliphatic rings. The van der Waals surface area contributed by atoms with E-state index >= 15 is 0 Å². The standard InChI is InChI=1S/C9H20F2O2P/c1-6-12-14(5,13-7-2)9(10,11)8(3)4/h8H,6-7H2,1-5H3/q+1. The fourth-order valence-corrected chi connectivity index (χ4v) is 3.51. The van der Waals surface area contributed by atoms with E-state index in [1.54, 1.807) is 13.8 Å². The highest BCUT2D eigenvalue weighted by Crippen LogP contribution is 2.71. The molecule has 0 rings (SSSR count). The Bertz CT molecular complexity index is 168. The van der Waals surface area contributed by atoms with Crippen molar-refractivity contribution in [3.8, 4) is 0 Å². The molecule has 2 nitrogen and oxygen atoms in total. The van der Waals surface area contributed by atoms with E-state index in [0.29, 0.717) is 0 Å². The first-order valence-corrected chi connectivity index (χ1v) is 6.92. The van der Waals surface area contributed by atoms with Crippen LogP contribution in [-0.2, 0) is 9.05 Å². The summed E-state index contributed by atoms with van der Waals surface area (Å²) >= 11 is 0. The van der Waals surface area contributed by atoms with Gasteiger partial charge in [-0.2, -0.15) is 8.78 Å². The van der Waals surface area contributed by atoms with Crippen LogP contribution < -0.4 is 0 Å². The third-order valence-corrected chi connectivity index (χ3v) is 5.09. The average molecular weight is 229 g/mol. The van der Waals surface area contributed by atoms with Crippen LogP contribution in [0.3, 0.4) is 0 Å². The van der Waals surface area contributed by atoms with Crippen LogP contribution in [0.25, 0.3) is 0 Å². The Labute approximate surface area is 85.5 Å². The maximum Gasteiger partial charge on any atom is 0.408 e. The van der Waals surface area contributed by atoms with Gasteiger partial charge in [-0.1, -0.05) is 13.8 Å². The SMILES string of the molecule is CCO[P+](C)(OCC)C(F)(F)C(C)C. The number of rotatable bonds is 6. The van der Waals surface area contributed by atoms with Crippen LogP contribution in [0, 0.1) is 5.92 Å². The number of hydrogen-bond donors (Lipinski definition) is 0. The molecule has 0 aliphatic heterocycles. The third kappa shape index (κ3) is 2.85. The maximum absolute atomic E-state index is 13.8. The predicted molar refractivity (Wildman–Crippen MR) is 55.9 cm³/mol. The van der Waals surface area contributed by atoms with Gasteiger partial charge < -0.3 is 0 Å². The molecule has 0 unspecified atom stereocenters. The molecule has 0 N–H and O–H groups in total. The van der Waals surface area contributed by atoms with Crippen LogP contribution in [-0.4, -0.2) is 25.5 Å². The van der Waals surface area contributed by atoms with E-state index in [4.69, 9.17) is 9.05 Å². The van der Waals surface area contributed by atoms with E-state index in [1.165, 1.54) is 20.5 Å². The van der Waals surface area contributed by atoms with Gasteiger partial charge in [-0.05, 0) is 13.8 Å². The van der Waals surface area contributed by atoms with Gasteiger partial charge in [0, 0.05) is 0 Å². The first-order chi connectivity index (χ1) is 6.31. The molecule has 0 aromatic heterocycles. The minimum atomic E-state index is -3.06. The fraction of sp³-hybridized carbons (Fsp3) is 1.00. The van der Waals surface area contributed by atoms with Crippen molar-refractivity contribution in [3.63, 3.8) is 0 Å². The Morgan fingerprint density at radius 2 is 1.50 bits per heavy atom. The molecule has 0 fully saturated rings. The summed E-state index contributed by atoms with van der Waals surface area (Å²) in [6.07, 6.45) is 0. The Hall–Kier alpha value is 0.210. The summed E-state index contributed by atoms with van der Waals surface area (Å²) in [4.78, 5) is 0.